The number of sulfonamides is 1. The van der Waals surface area contributed by atoms with Crippen LogP contribution in [0.3, 0.4) is 0 Å². The molecule has 0 aliphatic carbocycles. The van der Waals surface area contributed by atoms with Crippen LogP contribution in [0.25, 0.3) is 0 Å². The van der Waals surface area contributed by atoms with Gasteiger partial charge >= 0.3 is 0 Å². The van der Waals surface area contributed by atoms with Gasteiger partial charge in [-0.25, -0.2) is 8.42 Å². The summed E-state index contributed by atoms with van der Waals surface area (Å²) in [7, 11) is -3.77. The van der Waals surface area contributed by atoms with E-state index in [0.29, 0.717) is 34.0 Å². The zero-order valence-electron chi connectivity index (χ0n) is 21.3. The number of rotatable bonds is 8. The lowest BCUT2D eigenvalue weighted by Crippen LogP contribution is -2.39. The monoisotopic (exact) mass is 522 g/mol. The first-order valence-electron chi connectivity index (χ1n) is 11.9. The molecule has 9 heteroatoms. The molecule has 0 unspecified atom stereocenters. The van der Waals surface area contributed by atoms with Crippen LogP contribution >= 0.6 is 0 Å². The zero-order valence-corrected chi connectivity index (χ0v) is 22.1. The molecule has 0 saturated heterocycles. The molecule has 0 radical (unpaired) electrons. The summed E-state index contributed by atoms with van der Waals surface area (Å²) in [6.45, 7) is 7.44. The second-order valence-electron chi connectivity index (χ2n) is 9.73. The number of nitrogens with zero attached hydrogens (tertiary/aromatic N) is 1. The van der Waals surface area contributed by atoms with Crippen molar-refractivity contribution in [3.63, 3.8) is 0 Å². The van der Waals surface area contributed by atoms with Gasteiger partial charge in [-0.1, -0.05) is 57.2 Å². The summed E-state index contributed by atoms with van der Waals surface area (Å²) in [5.74, 6) is 0.0145. The molecule has 4 rings (SSSR count). The van der Waals surface area contributed by atoms with Crippen LogP contribution in [0.4, 0.5) is 11.4 Å². The predicted molar refractivity (Wildman–Crippen MR) is 143 cm³/mol. The van der Waals surface area contributed by atoms with Crippen LogP contribution in [-0.2, 0) is 20.2 Å². The Hall–Kier alpha value is -3.85. The first kappa shape index (κ1) is 26.2. The molecular formula is C28H30N2O6S. The van der Waals surface area contributed by atoms with Gasteiger partial charge in [-0.3, -0.25) is 13.9 Å². The Balaban J connectivity index is 1.51. The van der Waals surface area contributed by atoms with Gasteiger partial charge in [0.2, 0.25) is 22.7 Å². The maximum absolute atomic E-state index is 13.0. The second-order valence-corrected chi connectivity index (χ2v) is 11.9. The number of ketones is 1. The number of amides is 1. The van der Waals surface area contributed by atoms with Gasteiger partial charge in [0.15, 0.2) is 17.3 Å². The van der Waals surface area contributed by atoms with Gasteiger partial charge in [0.05, 0.1) is 11.4 Å². The molecule has 3 aromatic rings. The topological polar surface area (TPSA) is 102 Å². The molecule has 0 aromatic heterocycles. The maximum Gasteiger partial charge on any atom is 0.245 e. The van der Waals surface area contributed by atoms with Crippen LogP contribution < -0.4 is 19.1 Å². The molecule has 1 aliphatic heterocycles. The maximum atomic E-state index is 13.0. The summed E-state index contributed by atoms with van der Waals surface area (Å²) in [5, 5.41) is 2.71. The van der Waals surface area contributed by atoms with Gasteiger partial charge in [-0.2, -0.15) is 0 Å². The Labute approximate surface area is 217 Å². The molecule has 1 heterocycles. The Morgan fingerprint density at radius 1 is 0.919 bits per heavy atom. The van der Waals surface area contributed by atoms with Crippen LogP contribution in [0.2, 0.25) is 0 Å². The number of fused-ring (bicyclic) bond motifs is 1. The molecule has 0 saturated carbocycles. The fourth-order valence-corrected chi connectivity index (χ4v) is 4.96. The van der Waals surface area contributed by atoms with Crippen molar-refractivity contribution in [2.45, 2.75) is 33.1 Å². The SMILES string of the molecule is CCS(=O)(=O)N(CC(=O)Nc1cccc(C(=O)c2ccc(C(C)(C)C)cc2)c1)c1ccc2c(c1)OCO2. The van der Waals surface area contributed by atoms with E-state index in [2.05, 4.69) is 26.1 Å². The Morgan fingerprint density at radius 2 is 1.62 bits per heavy atom. The quantitative estimate of drug-likeness (QED) is 0.429. The summed E-state index contributed by atoms with van der Waals surface area (Å²) < 4.78 is 37.3. The van der Waals surface area contributed by atoms with E-state index in [4.69, 9.17) is 9.47 Å². The van der Waals surface area contributed by atoms with Crippen LogP contribution in [-0.4, -0.2) is 39.2 Å². The lowest BCUT2D eigenvalue weighted by molar-refractivity contribution is -0.114. The second kappa shape index (κ2) is 10.3. The van der Waals surface area contributed by atoms with E-state index in [9.17, 15) is 18.0 Å². The molecule has 37 heavy (non-hydrogen) atoms. The van der Waals surface area contributed by atoms with Crippen LogP contribution in [0.15, 0.2) is 66.7 Å². The van der Waals surface area contributed by atoms with Crippen LogP contribution in [0, 0.1) is 0 Å². The van der Waals surface area contributed by atoms with Crippen molar-refractivity contribution in [1.82, 2.24) is 0 Å². The fraction of sp³-hybridized carbons (Fsp3) is 0.286. The van der Waals surface area contributed by atoms with E-state index < -0.39 is 22.5 Å². The van der Waals surface area contributed by atoms with Gasteiger partial charge in [0.25, 0.3) is 0 Å². The van der Waals surface area contributed by atoms with Crippen molar-refractivity contribution < 1.29 is 27.5 Å². The van der Waals surface area contributed by atoms with Crippen molar-refractivity contribution in [2.75, 3.05) is 28.7 Å². The van der Waals surface area contributed by atoms with Crippen LogP contribution in [0.1, 0.15) is 49.2 Å². The molecular weight excluding hydrogens is 492 g/mol. The third kappa shape index (κ3) is 5.94. The molecule has 0 spiro atoms. The summed E-state index contributed by atoms with van der Waals surface area (Å²) >= 11 is 0. The molecule has 0 fully saturated rings. The third-order valence-electron chi connectivity index (χ3n) is 6.05. The van der Waals surface area contributed by atoms with Crippen molar-refractivity contribution in [1.29, 1.82) is 0 Å². The third-order valence-corrected chi connectivity index (χ3v) is 7.79. The lowest BCUT2D eigenvalue weighted by atomic mass is 9.86. The number of anilines is 2. The number of nitrogens with one attached hydrogen (secondary N) is 1. The molecule has 0 atom stereocenters. The van der Waals surface area contributed by atoms with E-state index in [1.807, 2.05) is 12.1 Å². The lowest BCUT2D eigenvalue weighted by Gasteiger charge is -2.23. The smallest absolute Gasteiger partial charge is 0.245 e. The van der Waals surface area contributed by atoms with Crippen molar-refractivity contribution >= 4 is 33.1 Å². The largest absolute Gasteiger partial charge is 0.454 e. The van der Waals surface area contributed by atoms with E-state index in [0.717, 1.165) is 9.87 Å². The number of benzene rings is 3. The average Bonchev–Trinajstić information content (AvgIpc) is 3.34. The minimum atomic E-state index is -3.77. The summed E-state index contributed by atoms with van der Waals surface area (Å²) in [6.07, 6.45) is 0. The van der Waals surface area contributed by atoms with Gasteiger partial charge in [-0.15, -0.1) is 0 Å². The van der Waals surface area contributed by atoms with Crippen molar-refractivity contribution in [3.05, 3.63) is 83.4 Å². The molecule has 8 nitrogen and oxygen atoms in total. The number of hydrogen-bond acceptors (Lipinski definition) is 6. The normalized spacial score (nSPS) is 12.8. The minimum Gasteiger partial charge on any atom is -0.454 e. The molecule has 3 aromatic carbocycles. The van der Waals surface area contributed by atoms with Gasteiger partial charge in [0, 0.05) is 22.9 Å². The first-order chi connectivity index (χ1) is 17.5. The summed E-state index contributed by atoms with van der Waals surface area (Å²) in [6, 6.07) is 18.8. The van der Waals surface area contributed by atoms with E-state index in [1.165, 1.54) is 13.0 Å². The Kier molecular flexibility index (Phi) is 7.27. The van der Waals surface area contributed by atoms with E-state index in [-0.39, 0.29) is 23.7 Å². The number of hydrogen-bond donors (Lipinski definition) is 1. The number of carbonyl (C=O) groups is 2. The standard InChI is InChI=1S/C28H30N2O6S/c1-5-37(33,34)30(23-13-14-24-25(16-23)36-18-35-24)17-26(31)29-22-8-6-7-20(15-22)27(32)19-9-11-21(12-10-19)28(2,3)4/h6-16H,5,17-18H2,1-4H3,(H,29,31). The van der Waals surface area contributed by atoms with E-state index >= 15 is 0 Å². The Bertz CT molecular complexity index is 1430. The van der Waals surface area contributed by atoms with Gasteiger partial charge in [0.1, 0.15) is 6.54 Å². The highest BCUT2D eigenvalue weighted by Crippen LogP contribution is 2.36. The fourth-order valence-electron chi connectivity index (χ4n) is 3.90. The van der Waals surface area contributed by atoms with E-state index in [1.54, 1.807) is 48.5 Å². The highest BCUT2D eigenvalue weighted by Gasteiger charge is 2.26. The summed E-state index contributed by atoms with van der Waals surface area (Å²) in [5.41, 5.74) is 2.74. The Morgan fingerprint density at radius 3 is 2.30 bits per heavy atom. The van der Waals surface area contributed by atoms with Gasteiger partial charge < -0.3 is 14.8 Å². The van der Waals surface area contributed by atoms with Crippen molar-refractivity contribution in [2.24, 2.45) is 0 Å². The summed E-state index contributed by atoms with van der Waals surface area (Å²) in [4.78, 5) is 26.0. The molecule has 0 bridgehead atoms. The first-order valence-corrected chi connectivity index (χ1v) is 13.5. The predicted octanol–water partition coefficient (Wildman–Crippen LogP) is 4.74. The molecule has 194 valence electrons. The van der Waals surface area contributed by atoms with Crippen LogP contribution in [0.5, 0.6) is 11.5 Å². The number of carbonyl (C=O) groups excluding carboxylic acids is 2. The highest BCUT2D eigenvalue weighted by molar-refractivity contribution is 7.92. The average molecular weight is 523 g/mol. The van der Waals surface area contributed by atoms with Gasteiger partial charge in [-0.05, 0) is 42.2 Å². The molecule has 1 amide bonds. The molecule has 1 aliphatic rings. The zero-order chi connectivity index (χ0) is 26.8. The number of ether oxygens (including phenoxy) is 2. The highest BCUT2D eigenvalue weighted by atomic mass is 32.2. The minimum absolute atomic E-state index is 0.0223. The van der Waals surface area contributed by atoms with Crippen molar-refractivity contribution in [3.8, 4) is 11.5 Å². The molecule has 1 N–H and O–H groups in total.